The molecule has 0 bridgehead atoms. The first-order chi connectivity index (χ1) is 8.97. The Morgan fingerprint density at radius 2 is 2.37 bits per heavy atom. The largest absolute Gasteiger partial charge is 0.359 e. The molecule has 0 heterocycles. The lowest BCUT2D eigenvalue weighted by molar-refractivity contribution is -0.384. The fourth-order valence-corrected chi connectivity index (χ4v) is 1.82. The summed E-state index contributed by atoms with van der Waals surface area (Å²) in [4.78, 5) is 12.2. The number of benzene rings is 1. The molecule has 0 aliphatic heterocycles. The lowest BCUT2D eigenvalue weighted by atomic mass is 10.1. The van der Waals surface area contributed by atoms with Gasteiger partial charge in [-0.15, -0.1) is 6.58 Å². The van der Waals surface area contributed by atoms with Crippen LogP contribution in [-0.4, -0.2) is 28.5 Å². The Morgan fingerprint density at radius 3 is 2.95 bits per heavy atom. The summed E-state index contributed by atoms with van der Waals surface area (Å²) in [6.07, 6.45) is 1.72. The van der Waals surface area contributed by atoms with Gasteiger partial charge in [0.1, 0.15) is 0 Å². The van der Waals surface area contributed by atoms with Crippen LogP contribution in [0.4, 0.5) is 5.69 Å². The van der Waals surface area contributed by atoms with Gasteiger partial charge in [0.05, 0.1) is 11.0 Å². The SMILES string of the molecule is C=CCNC(=S)N(C)[C@H](C)c1cccc([N+](=O)[O-])c1. The van der Waals surface area contributed by atoms with Gasteiger partial charge in [0.25, 0.3) is 5.69 Å². The summed E-state index contributed by atoms with van der Waals surface area (Å²) in [5, 5.41) is 14.4. The van der Waals surface area contributed by atoms with Crippen LogP contribution in [0, 0.1) is 10.1 Å². The average Bonchev–Trinajstić information content (AvgIpc) is 2.43. The van der Waals surface area contributed by atoms with Gasteiger partial charge in [0.15, 0.2) is 5.11 Å². The predicted molar refractivity (Wildman–Crippen MR) is 80.1 cm³/mol. The van der Waals surface area contributed by atoms with Crippen molar-refractivity contribution in [2.24, 2.45) is 0 Å². The van der Waals surface area contributed by atoms with E-state index in [2.05, 4.69) is 11.9 Å². The van der Waals surface area contributed by atoms with Crippen molar-refractivity contribution in [1.29, 1.82) is 0 Å². The molecule has 0 amide bonds. The van der Waals surface area contributed by atoms with Crippen LogP contribution in [0.3, 0.4) is 0 Å². The van der Waals surface area contributed by atoms with Crippen molar-refractivity contribution in [2.45, 2.75) is 13.0 Å². The quantitative estimate of drug-likeness (QED) is 0.388. The van der Waals surface area contributed by atoms with Gasteiger partial charge in [-0.2, -0.15) is 0 Å². The fraction of sp³-hybridized carbons (Fsp3) is 0.308. The smallest absolute Gasteiger partial charge is 0.269 e. The second kappa shape index (κ2) is 6.84. The van der Waals surface area contributed by atoms with Gasteiger partial charge in [-0.3, -0.25) is 10.1 Å². The number of non-ortho nitro benzene ring substituents is 1. The topological polar surface area (TPSA) is 58.4 Å². The van der Waals surface area contributed by atoms with Crippen molar-refractivity contribution in [3.8, 4) is 0 Å². The zero-order chi connectivity index (χ0) is 14.4. The summed E-state index contributed by atoms with van der Waals surface area (Å²) in [5.74, 6) is 0. The van der Waals surface area contributed by atoms with Crippen molar-refractivity contribution in [1.82, 2.24) is 10.2 Å². The van der Waals surface area contributed by atoms with Crippen molar-refractivity contribution in [3.63, 3.8) is 0 Å². The molecule has 1 aromatic carbocycles. The highest BCUT2D eigenvalue weighted by atomic mass is 32.1. The Bertz CT molecular complexity index is 491. The predicted octanol–water partition coefficient (Wildman–Crippen LogP) is 2.65. The van der Waals surface area contributed by atoms with E-state index in [1.165, 1.54) is 6.07 Å². The molecule has 1 atom stereocenters. The summed E-state index contributed by atoms with van der Waals surface area (Å²) in [6, 6.07) is 6.52. The molecule has 0 unspecified atom stereocenters. The molecule has 0 aromatic heterocycles. The molecule has 0 aliphatic carbocycles. The Hall–Kier alpha value is -1.95. The van der Waals surface area contributed by atoms with E-state index in [-0.39, 0.29) is 11.7 Å². The summed E-state index contributed by atoms with van der Waals surface area (Å²) in [5.41, 5.74) is 0.933. The number of hydrogen-bond donors (Lipinski definition) is 1. The minimum atomic E-state index is -0.398. The van der Waals surface area contributed by atoms with E-state index in [1.807, 2.05) is 24.9 Å². The van der Waals surface area contributed by atoms with Gasteiger partial charge in [-0.1, -0.05) is 18.2 Å². The van der Waals surface area contributed by atoms with Crippen LogP contribution in [0.15, 0.2) is 36.9 Å². The third-order valence-corrected chi connectivity index (χ3v) is 3.29. The van der Waals surface area contributed by atoms with E-state index in [1.54, 1.807) is 18.2 Å². The second-order valence-corrected chi connectivity index (χ2v) is 4.50. The highest BCUT2D eigenvalue weighted by Gasteiger charge is 2.16. The van der Waals surface area contributed by atoms with Crippen molar-refractivity contribution < 1.29 is 4.92 Å². The first-order valence-corrected chi connectivity index (χ1v) is 6.24. The van der Waals surface area contributed by atoms with Crippen LogP contribution >= 0.6 is 12.2 Å². The van der Waals surface area contributed by atoms with Crippen LogP contribution in [-0.2, 0) is 0 Å². The molecule has 0 saturated heterocycles. The van der Waals surface area contributed by atoms with E-state index >= 15 is 0 Å². The number of rotatable bonds is 5. The number of hydrogen-bond acceptors (Lipinski definition) is 3. The zero-order valence-electron chi connectivity index (χ0n) is 11.0. The van der Waals surface area contributed by atoms with Crippen LogP contribution in [0.5, 0.6) is 0 Å². The molecule has 0 aliphatic rings. The molecule has 5 nitrogen and oxygen atoms in total. The minimum Gasteiger partial charge on any atom is -0.359 e. The molecule has 102 valence electrons. The third-order valence-electron chi connectivity index (χ3n) is 2.86. The molecule has 1 N–H and O–H groups in total. The van der Waals surface area contributed by atoms with Gasteiger partial charge in [-0.25, -0.2) is 0 Å². The third kappa shape index (κ3) is 4.03. The van der Waals surface area contributed by atoms with E-state index in [4.69, 9.17) is 12.2 Å². The normalized spacial score (nSPS) is 11.5. The number of nitro groups is 1. The van der Waals surface area contributed by atoms with Gasteiger partial charge < -0.3 is 10.2 Å². The molecule has 0 spiro atoms. The Labute approximate surface area is 118 Å². The van der Waals surface area contributed by atoms with Crippen LogP contribution in [0.1, 0.15) is 18.5 Å². The van der Waals surface area contributed by atoms with E-state index in [9.17, 15) is 10.1 Å². The molecule has 0 fully saturated rings. The maximum absolute atomic E-state index is 10.8. The van der Waals surface area contributed by atoms with Gasteiger partial charge >= 0.3 is 0 Å². The molecule has 1 aromatic rings. The molecular formula is C13H17N3O2S. The maximum Gasteiger partial charge on any atom is 0.269 e. The van der Waals surface area contributed by atoms with Crippen molar-refractivity contribution in [2.75, 3.05) is 13.6 Å². The summed E-state index contributed by atoms with van der Waals surface area (Å²) >= 11 is 5.24. The first kappa shape index (κ1) is 15.1. The van der Waals surface area contributed by atoms with Gasteiger partial charge in [0, 0.05) is 25.7 Å². The zero-order valence-corrected chi connectivity index (χ0v) is 11.8. The molecule has 6 heteroatoms. The van der Waals surface area contributed by atoms with Gasteiger partial charge in [-0.05, 0) is 24.7 Å². The Balaban J connectivity index is 2.84. The highest BCUT2D eigenvalue weighted by Crippen LogP contribution is 2.22. The van der Waals surface area contributed by atoms with Crippen LogP contribution < -0.4 is 5.32 Å². The molecule has 19 heavy (non-hydrogen) atoms. The van der Waals surface area contributed by atoms with Crippen LogP contribution in [0.2, 0.25) is 0 Å². The molecule has 1 rings (SSSR count). The monoisotopic (exact) mass is 279 g/mol. The molecular weight excluding hydrogens is 262 g/mol. The maximum atomic E-state index is 10.8. The molecule has 0 radical (unpaired) electrons. The second-order valence-electron chi connectivity index (χ2n) is 4.11. The van der Waals surface area contributed by atoms with E-state index in [0.717, 1.165) is 5.56 Å². The van der Waals surface area contributed by atoms with E-state index in [0.29, 0.717) is 11.7 Å². The minimum absolute atomic E-state index is 0.0512. The van der Waals surface area contributed by atoms with Crippen LogP contribution in [0.25, 0.3) is 0 Å². The van der Waals surface area contributed by atoms with Gasteiger partial charge in [0.2, 0.25) is 0 Å². The van der Waals surface area contributed by atoms with Crippen molar-refractivity contribution in [3.05, 3.63) is 52.6 Å². The standard InChI is InChI=1S/C13H17N3O2S/c1-4-8-14-13(19)15(3)10(2)11-6-5-7-12(9-11)16(17)18/h4-7,9-10H,1,8H2,2-3H3,(H,14,19)/t10-/m1/s1. The summed E-state index contributed by atoms with van der Waals surface area (Å²) in [6.45, 7) is 6.14. The number of thiocarbonyl (C=S) groups is 1. The lowest BCUT2D eigenvalue weighted by Crippen LogP contribution is -2.38. The number of nitro benzene ring substituents is 1. The average molecular weight is 279 g/mol. The first-order valence-electron chi connectivity index (χ1n) is 5.83. The molecule has 0 saturated carbocycles. The lowest BCUT2D eigenvalue weighted by Gasteiger charge is -2.27. The summed E-state index contributed by atoms with van der Waals surface area (Å²) in [7, 11) is 1.85. The fourth-order valence-electron chi connectivity index (χ4n) is 1.58. The Morgan fingerprint density at radius 1 is 1.68 bits per heavy atom. The Kier molecular flexibility index (Phi) is 5.44. The van der Waals surface area contributed by atoms with Crippen molar-refractivity contribution >= 4 is 23.0 Å². The van der Waals surface area contributed by atoms with E-state index < -0.39 is 4.92 Å². The number of nitrogens with zero attached hydrogens (tertiary/aromatic N) is 2. The summed E-state index contributed by atoms with van der Waals surface area (Å²) < 4.78 is 0. The highest BCUT2D eigenvalue weighted by molar-refractivity contribution is 7.80. The number of nitrogens with one attached hydrogen (secondary N) is 1.